The third-order valence-corrected chi connectivity index (χ3v) is 10.8. The number of nitrogens with one attached hydrogen (secondary N) is 3. The molecule has 1 aliphatic heterocycles. The normalized spacial score (nSPS) is 13.7. The number of benzene rings is 4. The van der Waals surface area contributed by atoms with Crippen molar-refractivity contribution in [2.75, 3.05) is 68.3 Å². The summed E-state index contributed by atoms with van der Waals surface area (Å²) in [5.74, 6) is 1.71. The number of carbonyl (C=O) groups is 2. The number of urea groups is 1. The van der Waals surface area contributed by atoms with Crippen LogP contribution in [-0.2, 0) is 20.2 Å². The first-order valence-electron chi connectivity index (χ1n) is 19.4. The van der Waals surface area contributed by atoms with Crippen LogP contribution >= 0.6 is 0 Å². The zero-order valence-electron chi connectivity index (χ0n) is 35.2. The number of morpholine rings is 1. The van der Waals surface area contributed by atoms with Crippen LogP contribution in [0.2, 0.25) is 0 Å². The zero-order valence-corrected chi connectivity index (χ0v) is 36.0. The molecule has 5 aromatic rings. The molecule has 0 bridgehead atoms. The maximum Gasteiger partial charge on any atom is 0.324 e. The molecule has 16 heteroatoms. The molecule has 5 N–H and O–H groups in total. The van der Waals surface area contributed by atoms with Gasteiger partial charge in [-0.2, -0.15) is 0 Å². The smallest absolute Gasteiger partial charge is 0.324 e. The molecule has 0 unspecified atom stereocenters. The first-order valence-corrected chi connectivity index (χ1v) is 21.3. The lowest BCUT2D eigenvalue weighted by Crippen LogP contribution is -2.55. The number of pyridine rings is 1. The number of anilines is 5. The minimum atomic E-state index is -3.72. The fraction of sp³-hybridized carbons (Fsp3) is 0.341. The maximum atomic E-state index is 13.4. The lowest BCUT2D eigenvalue weighted by molar-refractivity contribution is -0.00923. The monoisotopic (exact) mass is 839 g/mol. The van der Waals surface area contributed by atoms with E-state index in [2.05, 4.69) is 39.1 Å². The van der Waals surface area contributed by atoms with Crippen LogP contribution in [0.4, 0.5) is 33.4 Å². The first-order chi connectivity index (χ1) is 28.4. The molecule has 1 aromatic heterocycles. The highest BCUT2D eigenvalue weighted by atomic mass is 32.2. The molecule has 0 aliphatic carbocycles. The number of hydrogen-bond donors (Lipinski definition) is 4. The van der Waals surface area contributed by atoms with Gasteiger partial charge in [-0.05, 0) is 67.3 Å². The van der Waals surface area contributed by atoms with Gasteiger partial charge in [-0.15, -0.1) is 0 Å². The first kappa shape index (κ1) is 43.5. The lowest BCUT2D eigenvalue weighted by atomic mass is 9.86. The molecule has 1 saturated heterocycles. The van der Waals surface area contributed by atoms with Crippen molar-refractivity contribution in [3.8, 4) is 23.0 Å². The Hall–Kier alpha value is -6.10. The van der Waals surface area contributed by atoms with E-state index in [1.807, 2.05) is 45.0 Å². The molecule has 0 radical (unpaired) electrons. The number of ether oxygens (including phenoxy) is 4. The van der Waals surface area contributed by atoms with Crippen LogP contribution in [0.15, 0.2) is 85.1 Å². The number of primary amides is 1. The topological polar surface area (TPSA) is 187 Å². The molecular formula is C44H53N7O8S. The van der Waals surface area contributed by atoms with E-state index in [9.17, 15) is 18.0 Å². The summed E-state index contributed by atoms with van der Waals surface area (Å²) in [4.78, 5) is 34.8. The molecule has 2 heterocycles. The van der Waals surface area contributed by atoms with Gasteiger partial charge in [-0.3, -0.25) is 19.3 Å². The molecule has 318 valence electrons. The van der Waals surface area contributed by atoms with Gasteiger partial charge in [-0.1, -0.05) is 45.0 Å². The van der Waals surface area contributed by atoms with Crippen LogP contribution in [0.25, 0.3) is 10.8 Å². The Morgan fingerprint density at radius 2 is 1.60 bits per heavy atom. The molecule has 0 saturated carbocycles. The molecule has 4 aromatic carbocycles. The Labute approximate surface area is 351 Å². The largest absolute Gasteiger partial charge is 0.496 e. The average molecular weight is 840 g/mol. The highest BCUT2D eigenvalue weighted by molar-refractivity contribution is 7.92. The minimum absolute atomic E-state index is 0.118. The Kier molecular flexibility index (Phi) is 12.8. The third kappa shape index (κ3) is 10.0. The molecule has 1 aliphatic rings. The SMILES string of the molecule is COc1cc(Nc2cc(Oc3ccc(N(C(N)=O)c4cc(C(C)(C)C)cc(NS(C)(=O)=O)c4OC)c4ccccc34)ccn2)ccc1C(=O)NCC(C)(C)N1CCOCC1. The van der Waals surface area contributed by atoms with Crippen LogP contribution in [-0.4, -0.2) is 89.1 Å². The van der Waals surface area contributed by atoms with Crippen molar-refractivity contribution in [2.45, 2.75) is 45.6 Å². The lowest BCUT2D eigenvalue weighted by Gasteiger charge is -2.40. The van der Waals surface area contributed by atoms with Gasteiger partial charge in [0.15, 0.2) is 5.75 Å². The second-order valence-electron chi connectivity index (χ2n) is 16.1. The van der Waals surface area contributed by atoms with Gasteiger partial charge >= 0.3 is 6.03 Å². The van der Waals surface area contributed by atoms with E-state index in [-0.39, 0.29) is 28.6 Å². The van der Waals surface area contributed by atoms with E-state index in [4.69, 9.17) is 24.7 Å². The number of methoxy groups -OCH3 is 2. The highest BCUT2D eigenvalue weighted by Crippen LogP contribution is 2.46. The summed E-state index contributed by atoms with van der Waals surface area (Å²) in [6.45, 7) is 13.6. The van der Waals surface area contributed by atoms with Gasteiger partial charge in [0.1, 0.15) is 23.1 Å². The average Bonchev–Trinajstić information content (AvgIpc) is 3.20. The number of sulfonamides is 1. The van der Waals surface area contributed by atoms with Gasteiger partial charge in [0, 0.05) is 60.0 Å². The number of hydrogen-bond acceptors (Lipinski definition) is 11. The highest BCUT2D eigenvalue weighted by Gasteiger charge is 2.30. The van der Waals surface area contributed by atoms with E-state index in [0.717, 1.165) is 24.9 Å². The van der Waals surface area contributed by atoms with Crippen molar-refractivity contribution < 1.29 is 37.0 Å². The molecule has 0 spiro atoms. The summed E-state index contributed by atoms with van der Waals surface area (Å²) in [5.41, 5.74) is 8.04. The Bertz CT molecular complexity index is 2500. The van der Waals surface area contributed by atoms with Crippen molar-refractivity contribution >= 4 is 61.3 Å². The van der Waals surface area contributed by atoms with Gasteiger partial charge < -0.3 is 35.3 Å². The Balaban J connectivity index is 1.26. The third-order valence-electron chi connectivity index (χ3n) is 10.2. The molecule has 0 atom stereocenters. The number of nitrogens with two attached hydrogens (primary N) is 1. The van der Waals surface area contributed by atoms with E-state index in [1.165, 1.54) is 19.1 Å². The van der Waals surface area contributed by atoms with E-state index in [1.54, 1.807) is 60.8 Å². The van der Waals surface area contributed by atoms with Crippen molar-refractivity contribution in [2.24, 2.45) is 5.73 Å². The van der Waals surface area contributed by atoms with Crippen LogP contribution in [0.1, 0.15) is 50.5 Å². The second-order valence-corrected chi connectivity index (χ2v) is 17.9. The number of aromatic nitrogens is 1. The van der Waals surface area contributed by atoms with Crippen molar-refractivity contribution in [1.29, 1.82) is 0 Å². The minimum Gasteiger partial charge on any atom is -0.496 e. The van der Waals surface area contributed by atoms with Gasteiger partial charge in [-0.25, -0.2) is 18.2 Å². The molecule has 1 fully saturated rings. The number of nitrogens with zero attached hydrogens (tertiary/aromatic N) is 3. The van der Waals surface area contributed by atoms with Crippen LogP contribution < -0.4 is 40.2 Å². The fourth-order valence-corrected chi connectivity index (χ4v) is 7.61. The van der Waals surface area contributed by atoms with Crippen LogP contribution in [0.3, 0.4) is 0 Å². The van der Waals surface area contributed by atoms with Crippen molar-refractivity contribution in [3.63, 3.8) is 0 Å². The summed E-state index contributed by atoms with van der Waals surface area (Å²) in [5, 5.41) is 7.63. The number of carbonyl (C=O) groups excluding carboxylic acids is 2. The maximum absolute atomic E-state index is 13.4. The molecule has 3 amide bonds. The summed E-state index contributed by atoms with van der Waals surface area (Å²) in [6.07, 6.45) is 2.65. The fourth-order valence-electron chi connectivity index (χ4n) is 7.06. The molecule has 60 heavy (non-hydrogen) atoms. The predicted molar refractivity (Wildman–Crippen MR) is 235 cm³/mol. The summed E-state index contributed by atoms with van der Waals surface area (Å²) >= 11 is 0. The number of rotatable bonds is 14. The standard InChI is InChI=1S/C44H53N7O8S/c1-43(2,3)28-23-34(49-60(8,54)55)40(57-7)36(24-28)51(42(45)53)35-15-16-37(32-12-10-9-11-31(32)35)59-30-17-18-46-39(26-30)48-29-13-14-33(38(25-29)56-6)41(52)47-27-44(4,5)50-19-21-58-22-20-50/h9-18,23-26,49H,19-22,27H2,1-8H3,(H2,45,53)(H,46,48)(H,47,52). The molecule has 6 rings (SSSR count). The second kappa shape index (κ2) is 17.6. The Morgan fingerprint density at radius 1 is 0.883 bits per heavy atom. The summed E-state index contributed by atoms with van der Waals surface area (Å²) in [6, 6.07) is 22.1. The number of fused-ring (bicyclic) bond motifs is 1. The van der Waals surface area contributed by atoms with Gasteiger partial charge in [0.05, 0.1) is 56.3 Å². The van der Waals surface area contributed by atoms with E-state index >= 15 is 0 Å². The van der Waals surface area contributed by atoms with Gasteiger partial charge in [0.2, 0.25) is 10.0 Å². The summed E-state index contributed by atoms with van der Waals surface area (Å²) < 4.78 is 50.7. The predicted octanol–water partition coefficient (Wildman–Crippen LogP) is 7.51. The Morgan fingerprint density at radius 3 is 2.25 bits per heavy atom. The van der Waals surface area contributed by atoms with Crippen molar-refractivity contribution in [1.82, 2.24) is 15.2 Å². The molecule has 15 nitrogen and oxygen atoms in total. The van der Waals surface area contributed by atoms with Crippen molar-refractivity contribution in [3.05, 3.63) is 96.2 Å². The quantitative estimate of drug-likeness (QED) is 0.0867. The van der Waals surface area contributed by atoms with Crippen LogP contribution in [0.5, 0.6) is 23.0 Å². The summed E-state index contributed by atoms with van der Waals surface area (Å²) in [7, 11) is -0.805. The molecular weight excluding hydrogens is 787 g/mol. The van der Waals surface area contributed by atoms with Crippen LogP contribution in [0, 0.1) is 0 Å². The van der Waals surface area contributed by atoms with E-state index < -0.39 is 21.5 Å². The number of amides is 3. The zero-order chi connectivity index (χ0) is 43.4. The van der Waals surface area contributed by atoms with Gasteiger partial charge in [0.25, 0.3) is 5.91 Å². The van der Waals surface area contributed by atoms with E-state index in [0.29, 0.717) is 70.5 Å².